The zero-order valence-electron chi connectivity index (χ0n) is 12.7. The first-order valence-corrected chi connectivity index (χ1v) is 7.28. The highest BCUT2D eigenvalue weighted by Gasteiger charge is 2.24. The molecule has 0 aliphatic heterocycles. The number of fused-ring (bicyclic) bond motifs is 1. The maximum atomic E-state index is 10.9. The van der Waals surface area contributed by atoms with Crippen LogP contribution >= 0.6 is 0 Å². The summed E-state index contributed by atoms with van der Waals surface area (Å²) in [4.78, 5) is 14.4. The van der Waals surface area contributed by atoms with Gasteiger partial charge in [0.05, 0.1) is 0 Å². The standard InChI is InChI=1S/C14H21N5O2/c1-4-14(5-2,6-3)10-16-11-7-8-12-15-9-13(19(20)21)18(12)17-11/h7-9H,4-6,10H2,1-3H3,(H,16,17). The smallest absolute Gasteiger partial charge is 0.366 e. The fourth-order valence-electron chi connectivity index (χ4n) is 2.48. The van der Waals surface area contributed by atoms with Crippen molar-refractivity contribution in [3.8, 4) is 0 Å². The molecule has 0 aromatic carbocycles. The zero-order chi connectivity index (χ0) is 15.5. The van der Waals surface area contributed by atoms with E-state index in [4.69, 9.17) is 0 Å². The lowest BCUT2D eigenvalue weighted by molar-refractivity contribution is -0.391. The highest BCUT2D eigenvalue weighted by molar-refractivity contribution is 5.48. The van der Waals surface area contributed by atoms with E-state index in [0.717, 1.165) is 25.8 Å². The van der Waals surface area contributed by atoms with Gasteiger partial charge in [-0.1, -0.05) is 30.4 Å². The van der Waals surface area contributed by atoms with Crippen molar-refractivity contribution in [1.29, 1.82) is 0 Å². The molecule has 2 aromatic heterocycles. The minimum absolute atomic E-state index is 0.124. The van der Waals surface area contributed by atoms with Gasteiger partial charge in [-0.15, -0.1) is 0 Å². The topological polar surface area (TPSA) is 85.4 Å². The highest BCUT2D eigenvalue weighted by atomic mass is 16.6. The van der Waals surface area contributed by atoms with Crippen molar-refractivity contribution in [1.82, 2.24) is 14.6 Å². The van der Waals surface area contributed by atoms with Gasteiger partial charge in [0.1, 0.15) is 6.20 Å². The van der Waals surface area contributed by atoms with E-state index in [2.05, 4.69) is 36.2 Å². The van der Waals surface area contributed by atoms with Crippen LogP contribution in [0.4, 0.5) is 11.6 Å². The normalized spacial score (nSPS) is 11.8. The van der Waals surface area contributed by atoms with Crippen LogP contribution in [-0.4, -0.2) is 26.1 Å². The van der Waals surface area contributed by atoms with Gasteiger partial charge in [-0.3, -0.25) is 0 Å². The van der Waals surface area contributed by atoms with Crippen molar-refractivity contribution in [3.05, 3.63) is 28.4 Å². The number of anilines is 1. The van der Waals surface area contributed by atoms with Gasteiger partial charge in [-0.25, -0.2) is 4.98 Å². The van der Waals surface area contributed by atoms with Crippen LogP contribution in [0.2, 0.25) is 0 Å². The van der Waals surface area contributed by atoms with Gasteiger partial charge in [0.2, 0.25) is 5.65 Å². The molecule has 0 amide bonds. The first kappa shape index (κ1) is 15.2. The van der Waals surface area contributed by atoms with Crippen LogP contribution in [0.15, 0.2) is 18.3 Å². The van der Waals surface area contributed by atoms with E-state index in [1.54, 1.807) is 12.1 Å². The van der Waals surface area contributed by atoms with Crippen LogP contribution in [0.1, 0.15) is 40.0 Å². The summed E-state index contributed by atoms with van der Waals surface area (Å²) in [5.41, 5.74) is 0.706. The first-order valence-electron chi connectivity index (χ1n) is 7.28. The van der Waals surface area contributed by atoms with Gasteiger partial charge in [-0.05, 0) is 35.7 Å². The number of imidazole rings is 1. The second kappa shape index (κ2) is 6.07. The molecule has 1 N–H and O–H groups in total. The molecule has 0 radical (unpaired) electrons. The largest absolute Gasteiger partial charge is 0.368 e. The summed E-state index contributed by atoms with van der Waals surface area (Å²) < 4.78 is 1.26. The number of hydrogen-bond acceptors (Lipinski definition) is 5. The minimum atomic E-state index is -0.481. The predicted molar refractivity (Wildman–Crippen MR) is 81.4 cm³/mol. The second-order valence-corrected chi connectivity index (χ2v) is 5.28. The Balaban J connectivity index is 2.23. The number of nitrogens with zero attached hydrogens (tertiary/aromatic N) is 4. The van der Waals surface area contributed by atoms with Crippen molar-refractivity contribution in [2.24, 2.45) is 5.41 Å². The predicted octanol–water partition coefficient (Wildman–Crippen LogP) is 3.27. The van der Waals surface area contributed by atoms with Gasteiger partial charge in [-0.2, -0.15) is 0 Å². The third-order valence-electron chi connectivity index (χ3n) is 4.43. The molecular formula is C14H21N5O2. The molecule has 0 aliphatic carbocycles. The molecule has 2 rings (SSSR count). The molecule has 0 atom stereocenters. The van der Waals surface area contributed by atoms with Crippen LogP contribution < -0.4 is 5.32 Å². The number of hydrogen-bond donors (Lipinski definition) is 1. The number of nitrogens with one attached hydrogen (secondary N) is 1. The van der Waals surface area contributed by atoms with E-state index in [0.29, 0.717) is 11.5 Å². The lowest BCUT2D eigenvalue weighted by atomic mass is 9.80. The summed E-state index contributed by atoms with van der Waals surface area (Å²) in [5.74, 6) is 0.504. The van der Waals surface area contributed by atoms with E-state index >= 15 is 0 Å². The maximum Gasteiger partial charge on any atom is 0.368 e. The zero-order valence-corrected chi connectivity index (χ0v) is 12.7. The van der Waals surface area contributed by atoms with Gasteiger partial charge in [0.15, 0.2) is 5.82 Å². The molecule has 0 unspecified atom stereocenters. The molecule has 0 fully saturated rings. The van der Waals surface area contributed by atoms with Crippen LogP contribution in [-0.2, 0) is 0 Å². The van der Waals surface area contributed by atoms with Crippen molar-refractivity contribution in [2.45, 2.75) is 40.0 Å². The molecule has 0 spiro atoms. The highest BCUT2D eigenvalue weighted by Crippen LogP contribution is 2.30. The fraction of sp³-hybridized carbons (Fsp3) is 0.571. The van der Waals surface area contributed by atoms with Gasteiger partial charge in [0.25, 0.3) is 0 Å². The van der Waals surface area contributed by atoms with Crippen molar-refractivity contribution >= 4 is 17.3 Å². The average Bonchev–Trinajstić information content (AvgIpc) is 2.92. The van der Waals surface area contributed by atoms with Crippen molar-refractivity contribution < 1.29 is 4.92 Å². The molecule has 2 aromatic rings. The van der Waals surface area contributed by atoms with Gasteiger partial charge < -0.3 is 15.4 Å². The average molecular weight is 291 g/mol. The van der Waals surface area contributed by atoms with E-state index in [-0.39, 0.29) is 11.2 Å². The Morgan fingerprint density at radius 2 is 1.95 bits per heavy atom. The number of rotatable bonds is 7. The van der Waals surface area contributed by atoms with E-state index in [1.807, 2.05) is 0 Å². The molecule has 0 saturated heterocycles. The van der Waals surface area contributed by atoms with E-state index < -0.39 is 4.92 Å². The Hall–Kier alpha value is -2.18. The Morgan fingerprint density at radius 3 is 2.52 bits per heavy atom. The van der Waals surface area contributed by atoms with Crippen LogP contribution in [0, 0.1) is 15.5 Å². The lowest BCUT2D eigenvalue weighted by Gasteiger charge is -2.30. The molecular weight excluding hydrogens is 270 g/mol. The Morgan fingerprint density at radius 1 is 1.29 bits per heavy atom. The summed E-state index contributed by atoms with van der Waals surface area (Å²) in [6.07, 6.45) is 4.47. The molecule has 0 bridgehead atoms. The molecule has 7 nitrogen and oxygen atoms in total. The van der Waals surface area contributed by atoms with E-state index in [1.165, 1.54) is 10.7 Å². The maximum absolute atomic E-state index is 10.9. The van der Waals surface area contributed by atoms with Crippen molar-refractivity contribution in [2.75, 3.05) is 11.9 Å². The molecule has 7 heteroatoms. The first-order chi connectivity index (χ1) is 10.0. The Bertz CT molecular complexity index is 625. The summed E-state index contributed by atoms with van der Waals surface area (Å²) in [7, 11) is 0. The van der Waals surface area contributed by atoms with Gasteiger partial charge >= 0.3 is 5.82 Å². The molecule has 0 aliphatic rings. The van der Waals surface area contributed by atoms with E-state index in [9.17, 15) is 10.1 Å². The second-order valence-electron chi connectivity index (χ2n) is 5.28. The third kappa shape index (κ3) is 2.96. The van der Waals surface area contributed by atoms with Crippen molar-refractivity contribution in [3.63, 3.8) is 0 Å². The summed E-state index contributed by atoms with van der Waals surface area (Å²) in [5, 5.41) is 18.5. The monoisotopic (exact) mass is 291 g/mol. The number of aromatic nitrogens is 3. The molecule has 2 heterocycles. The SMILES string of the molecule is CCC(CC)(CC)CNc1ccc2ncc([N+](=O)[O-])n2n1. The molecule has 21 heavy (non-hydrogen) atoms. The van der Waals surface area contributed by atoms with Crippen LogP contribution in [0.3, 0.4) is 0 Å². The summed E-state index contributed by atoms with van der Waals surface area (Å²) in [6.45, 7) is 7.36. The fourth-order valence-corrected chi connectivity index (χ4v) is 2.48. The Labute approximate surface area is 123 Å². The Kier molecular flexibility index (Phi) is 4.40. The minimum Gasteiger partial charge on any atom is -0.366 e. The quantitative estimate of drug-likeness (QED) is 0.625. The van der Waals surface area contributed by atoms with Crippen LogP contribution in [0.5, 0.6) is 0 Å². The summed E-state index contributed by atoms with van der Waals surface area (Å²) >= 11 is 0. The lowest BCUT2D eigenvalue weighted by Crippen LogP contribution is -2.28. The summed E-state index contributed by atoms with van der Waals surface area (Å²) in [6, 6.07) is 3.53. The molecule has 114 valence electrons. The number of nitro groups is 1. The van der Waals surface area contributed by atoms with Gasteiger partial charge in [0, 0.05) is 12.6 Å². The molecule has 0 saturated carbocycles. The van der Waals surface area contributed by atoms with Crippen LogP contribution in [0.25, 0.3) is 5.65 Å². The third-order valence-corrected chi connectivity index (χ3v) is 4.43.